The fourth-order valence-corrected chi connectivity index (χ4v) is 2.04. The van der Waals surface area contributed by atoms with Crippen molar-refractivity contribution in [2.45, 2.75) is 11.8 Å². The summed E-state index contributed by atoms with van der Waals surface area (Å²) < 4.78 is 9.17. The molecule has 10 heteroatoms. The van der Waals surface area contributed by atoms with Crippen LogP contribution in [0.3, 0.4) is 0 Å². The van der Waals surface area contributed by atoms with E-state index in [9.17, 15) is 24.5 Å². The Kier molecular flexibility index (Phi) is 7.00. The van der Waals surface area contributed by atoms with Crippen LogP contribution in [0.15, 0.2) is 23.1 Å². The Morgan fingerprint density at radius 3 is 2.57 bits per heavy atom. The first kappa shape index (κ1) is 18.4. The Morgan fingerprint density at radius 2 is 2.00 bits per heavy atom. The zero-order valence-electron chi connectivity index (χ0n) is 12.4. The number of benzene rings is 1. The van der Waals surface area contributed by atoms with Gasteiger partial charge in [-0.25, -0.2) is 9.59 Å². The van der Waals surface area contributed by atoms with E-state index in [1.54, 1.807) is 13.2 Å². The van der Waals surface area contributed by atoms with Crippen molar-refractivity contribution in [2.24, 2.45) is 0 Å². The Labute approximate surface area is 135 Å². The second-order valence-corrected chi connectivity index (χ2v) is 4.84. The van der Waals surface area contributed by atoms with Gasteiger partial charge >= 0.3 is 12.1 Å². The molecule has 0 aliphatic carbocycles. The lowest BCUT2D eigenvalue weighted by Gasteiger charge is -2.06. The van der Waals surface area contributed by atoms with Gasteiger partial charge in [-0.15, -0.1) is 11.8 Å². The van der Waals surface area contributed by atoms with E-state index in [1.165, 1.54) is 12.1 Å². The number of ether oxygens (including phenoxy) is 2. The van der Waals surface area contributed by atoms with E-state index in [2.05, 4.69) is 9.47 Å². The van der Waals surface area contributed by atoms with E-state index in [-0.39, 0.29) is 17.9 Å². The maximum Gasteiger partial charge on any atom is 0.413 e. The van der Waals surface area contributed by atoms with Crippen LogP contribution in [0.4, 0.5) is 10.5 Å². The molecule has 0 unspecified atom stereocenters. The number of rotatable bonds is 6. The molecule has 1 N–H and O–H groups in total. The number of alkyl carbamates (subject to hydrolysis) is 1. The van der Waals surface area contributed by atoms with Crippen molar-refractivity contribution in [2.75, 3.05) is 19.5 Å². The third-order valence-corrected chi connectivity index (χ3v) is 3.25. The van der Waals surface area contributed by atoms with Gasteiger partial charge in [0.2, 0.25) is 0 Å². The molecule has 0 saturated heterocycles. The summed E-state index contributed by atoms with van der Waals surface area (Å²) in [7, 11) is 0. The van der Waals surface area contributed by atoms with E-state index >= 15 is 0 Å². The summed E-state index contributed by atoms with van der Waals surface area (Å²) in [4.78, 5) is 44.8. The normalized spacial score (nSPS) is 9.83. The summed E-state index contributed by atoms with van der Waals surface area (Å²) in [5.41, 5.74) is -0.304. The smallest absolute Gasteiger partial charge is 0.413 e. The highest BCUT2D eigenvalue weighted by Crippen LogP contribution is 2.28. The zero-order chi connectivity index (χ0) is 17.4. The number of hydrogen-bond acceptors (Lipinski definition) is 8. The summed E-state index contributed by atoms with van der Waals surface area (Å²) in [5.74, 6) is -1.79. The molecule has 2 amide bonds. The van der Waals surface area contributed by atoms with Crippen LogP contribution in [0.2, 0.25) is 0 Å². The Balaban J connectivity index is 2.68. The second kappa shape index (κ2) is 8.73. The highest BCUT2D eigenvalue weighted by molar-refractivity contribution is 7.98. The first-order chi connectivity index (χ1) is 10.9. The van der Waals surface area contributed by atoms with Gasteiger partial charge in [-0.2, -0.15) is 0 Å². The summed E-state index contributed by atoms with van der Waals surface area (Å²) in [6.07, 6.45) is 0.716. The molecule has 0 spiro atoms. The van der Waals surface area contributed by atoms with Gasteiger partial charge in [0.1, 0.15) is 0 Å². The van der Waals surface area contributed by atoms with Crippen LogP contribution in [0, 0.1) is 10.1 Å². The first-order valence-electron chi connectivity index (χ1n) is 6.35. The minimum atomic E-state index is -0.950. The number of hydrogen-bond donors (Lipinski definition) is 1. The molecule has 0 aliphatic heterocycles. The summed E-state index contributed by atoms with van der Waals surface area (Å²) >= 11 is 1.16. The second-order valence-electron chi connectivity index (χ2n) is 3.99. The average molecular weight is 342 g/mol. The van der Waals surface area contributed by atoms with E-state index in [4.69, 9.17) is 0 Å². The van der Waals surface area contributed by atoms with E-state index in [1.807, 2.05) is 5.32 Å². The van der Waals surface area contributed by atoms with Crippen molar-refractivity contribution in [1.82, 2.24) is 5.32 Å². The number of imide groups is 1. The van der Waals surface area contributed by atoms with Crippen LogP contribution in [-0.4, -0.2) is 42.4 Å². The lowest BCUT2D eigenvalue weighted by Crippen LogP contribution is -2.34. The van der Waals surface area contributed by atoms with Crippen molar-refractivity contribution in [3.8, 4) is 0 Å². The van der Waals surface area contributed by atoms with Crippen LogP contribution in [0.5, 0.6) is 0 Å². The predicted octanol–water partition coefficient (Wildman–Crippen LogP) is 1.75. The number of nitro benzene ring substituents is 1. The minimum absolute atomic E-state index is 0.0709. The SMILES string of the molecule is CCOC(=O)NC(=O)COC(=O)c1ccc(SC)c([N+](=O)[O-])c1. The summed E-state index contributed by atoms with van der Waals surface area (Å²) in [6, 6.07) is 3.83. The van der Waals surface area contributed by atoms with Crippen molar-refractivity contribution in [1.29, 1.82) is 0 Å². The van der Waals surface area contributed by atoms with Crippen molar-refractivity contribution < 1.29 is 28.8 Å². The number of amides is 2. The van der Waals surface area contributed by atoms with E-state index in [0.29, 0.717) is 4.90 Å². The van der Waals surface area contributed by atoms with Crippen LogP contribution in [0.1, 0.15) is 17.3 Å². The topological polar surface area (TPSA) is 125 Å². The molecule has 0 atom stereocenters. The van der Waals surface area contributed by atoms with Gasteiger partial charge in [0.05, 0.1) is 22.0 Å². The van der Waals surface area contributed by atoms with E-state index in [0.717, 1.165) is 17.8 Å². The predicted molar refractivity (Wildman–Crippen MR) is 80.3 cm³/mol. The Bertz CT molecular complexity index is 633. The number of nitro groups is 1. The minimum Gasteiger partial charge on any atom is -0.452 e. The fourth-order valence-electron chi connectivity index (χ4n) is 1.49. The maximum atomic E-state index is 11.8. The van der Waals surface area contributed by atoms with Gasteiger partial charge in [-0.1, -0.05) is 0 Å². The zero-order valence-corrected chi connectivity index (χ0v) is 13.2. The van der Waals surface area contributed by atoms with Gasteiger partial charge in [0.25, 0.3) is 11.6 Å². The fraction of sp³-hybridized carbons (Fsp3) is 0.308. The molecular formula is C13H14N2O7S. The van der Waals surface area contributed by atoms with Gasteiger partial charge in [-0.3, -0.25) is 20.2 Å². The highest BCUT2D eigenvalue weighted by Gasteiger charge is 2.19. The third-order valence-electron chi connectivity index (χ3n) is 2.46. The number of carbonyl (C=O) groups is 3. The van der Waals surface area contributed by atoms with Crippen LogP contribution in [-0.2, 0) is 14.3 Å². The lowest BCUT2D eigenvalue weighted by atomic mass is 10.2. The molecule has 1 aromatic rings. The molecule has 23 heavy (non-hydrogen) atoms. The van der Waals surface area contributed by atoms with Crippen LogP contribution < -0.4 is 5.32 Å². The maximum absolute atomic E-state index is 11.8. The largest absolute Gasteiger partial charge is 0.452 e. The molecule has 0 bridgehead atoms. The Morgan fingerprint density at radius 1 is 1.30 bits per heavy atom. The highest BCUT2D eigenvalue weighted by atomic mass is 32.2. The lowest BCUT2D eigenvalue weighted by molar-refractivity contribution is -0.387. The van der Waals surface area contributed by atoms with Crippen LogP contribution >= 0.6 is 11.8 Å². The molecule has 124 valence electrons. The van der Waals surface area contributed by atoms with Gasteiger partial charge in [0, 0.05) is 6.07 Å². The van der Waals surface area contributed by atoms with Crippen molar-refractivity contribution in [3.05, 3.63) is 33.9 Å². The molecule has 9 nitrogen and oxygen atoms in total. The number of thioether (sulfide) groups is 1. The van der Waals surface area contributed by atoms with Gasteiger partial charge in [-0.05, 0) is 25.3 Å². The number of nitrogens with zero attached hydrogens (tertiary/aromatic N) is 1. The van der Waals surface area contributed by atoms with Crippen molar-refractivity contribution in [3.63, 3.8) is 0 Å². The van der Waals surface area contributed by atoms with Gasteiger partial charge in [0.15, 0.2) is 6.61 Å². The van der Waals surface area contributed by atoms with Crippen LogP contribution in [0.25, 0.3) is 0 Å². The number of carbonyl (C=O) groups excluding carboxylic acids is 3. The van der Waals surface area contributed by atoms with E-state index < -0.39 is 29.5 Å². The third kappa shape index (κ3) is 5.58. The first-order valence-corrected chi connectivity index (χ1v) is 7.57. The Hall–Kier alpha value is -2.62. The number of nitrogens with one attached hydrogen (secondary N) is 1. The van der Waals surface area contributed by atoms with Crippen molar-refractivity contribution >= 4 is 35.4 Å². The molecular weight excluding hydrogens is 328 g/mol. The molecule has 0 saturated carbocycles. The van der Waals surface area contributed by atoms with Gasteiger partial charge < -0.3 is 9.47 Å². The standard InChI is InChI=1S/C13H14N2O7S/c1-3-21-13(18)14-11(16)7-22-12(17)8-4-5-10(23-2)9(6-8)15(19)20/h4-6H,3,7H2,1-2H3,(H,14,16,18). The molecule has 1 rings (SSSR count). The molecule has 0 radical (unpaired) electrons. The average Bonchev–Trinajstić information content (AvgIpc) is 2.52. The monoisotopic (exact) mass is 342 g/mol. The molecule has 1 aromatic carbocycles. The number of esters is 1. The summed E-state index contributed by atoms with van der Waals surface area (Å²) in [6.45, 7) is 0.940. The molecule has 0 heterocycles. The molecule has 0 aliphatic rings. The molecule has 0 aromatic heterocycles. The quantitative estimate of drug-likeness (QED) is 0.359. The summed E-state index contributed by atoms with van der Waals surface area (Å²) in [5, 5.41) is 12.8. The molecule has 0 fully saturated rings.